The zero-order valence-electron chi connectivity index (χ0n) is 13.2. The van der Waals surface area contributed by atoms with E-state index in [9.17, 15) is 4.79 Å². The second-order valence-corrected chi connectivity index (χ2v) is 4.88. The maximum atomic E-state index is 12.4. The average molecular weight is 296 g/mol. The molecule has 0 bridgehead atoms. The summed E-state index contributed by atoms with van der Waals surface area (Å²) in [5, 5.41) is 2.92. The molecule has 1 rings (SSSR count). The monoisotopic (exact) mass is 296 g/mol. The molecule has 1 amide bonds. The lowest BCUT2D eigenvalue weighted by atomic mass is 10.0. The summed E-state index contributed by atoms with van der Waals surface area (Å²) < 4.78 is 15.7. The Balaban J connectivity index is 3.07. The molecular weight excluding hydrogens is 272 g/mol. The van der Waals surface area contributed by atoms with Crippen LogP contribution in [-0.4, -0.2) is 39.8 Å². The molecule has 0 spiro atoms. The van der Waals surface area contributed by atoms with Gasteiger partial charge in [-0.3, -0.25) is 4.79 Å². The third-order valence-corrected chi connectivity index (χ3v) is 3.53. The first-order valence-electron chi connectivity index (χ1n) is 6.79. The average Bonchev–Trinajstić information content (AvgIpc) is 2.52. The summed E-state index contributed by atoms with van der Waals surface area (Å²) in [7, 11) is 4.55. The van der Waals surface area contributed by atoms with Crippen molar-refractivity contribution in [2.75, 3.05) is 27.9 Å². The first-order chi connectivity index (χ1) is 9.98. The molecule has 6 heteroatoms. The molecule has 21 heavy (non-hydrogen) atoms. The lowest BCUT2D eigenvalue weighted by Gasteiger charge is -2.21. The molecule has 0 aliphatic carbocycles. The van der Waals surface area contributed by atoms with Crippen molar-refractivity contribution >= 4 is 5.91 Å². The van der Waals surface area contributed by atoms with Crippen LogP contribution in [0.1, 0.15) is 24.2 Å². The van der Waals surface area contributed by atoms with Crippen LogP contribution in [0.15, 0.2) is 12.1 Å². The van der Waals surface area contributed by atoms with Crippen molar-refractivity contribution in [3.05, 3.63) is 17.7 Å². The van der Waals surface area contributed by atoms with Crippen LogP contribution in [0.25, 0.3) is 0 Å². The number of hydrogen-bond acceptors (Lipinski definition) is 5. The van der Waals surface area contributed by atoms with E-state index in [2.05, 4.69) is 5.32 Å². The van der Waals surface area contributed by atoms with Gasteiger partial charge in [-0.25, -0.2) is 0 Å². The van der Waals surface area contributed by atoms with Gasteiger partial charge in [0.05, 0.1) is 26.9 Å². The zero-order chi connectivity index (χ0) is 16.0. The summed E-state index contributed by atoms with van der Waals surface area (Å²) in [5.74, 6) is 1.36. The predicted octanol–water partition coefficient (Wildman–Crippen LogP) is 1.43. The number of nitrogens with one attached hydrogen (secondary N) is 1. The molecular formula is C15H24N2O4. The molecule has 2 unspecified atom stereocenters. The number of benzene rings is 1. The lowest BCUT2D eigenvalue weighted by molar-refractivity contribution is 0.0926. The molecule has 0 radical (unpaired) electrons. The molecule has 6 nitrogen and oxygen atoms in total. The standard InChI is InChI=1S/C15H24N2O4/c1-9(8-16)10(2)17-15(18)11-6-13(20-4)14(21-5)7-12(11)19-3/h6-7,9-10H,8,16H2,1-5H3,(H,17,18). The molecule has 1 aromatic carbocycles. The van der Waals surface area contributed by atoms with Gasteiger partial charge in [-0.2, -0.15) is 0 Å². The maximum absolute atomic E-state index is 12.4. The van der Waals surface area contributed by atoms with E-state index in [0.29, 0.717) is 29.4 Å². The lowest BCUT2D eigenvalue weighted by Crippen LogP contribution is -2.39. The number of methoxy groups -OCH3 is 3. The summed E-state index contributed by atoms with van der Waals surface area (Å²) in [4.78, 5) is 12.4. The highest BCUT2D eigenvalue weighted by molar-refractivity contribution is 5.98. The quantitative estimate of drug-likeness (QED) is 0.795. The Hall–Kier alpha value is -1.95. The van der Waals surface area contributed by atoms with E-state index in [1.807, 2.05) is 13.8 Å². The summed E-state index contributed by atoms with van der Waals surface area (Å²) in [6.07, 6.45) is 0. The normalized spacial score (nSPS) is 13.2. The van der Waals surface area contributed by atoms with Crippen LogP contribution in [0.5, 0.6) is 17.2 Å². The van der Waals surface area contributed by atoms with Crippen LogP contribution in [0, 0.1) is 5.92 Å². The Kier molecular flexibility index (Phi) is 6.30. The van der Waals surface area contributed by atoms with E-state index in [4.69, 9.17) is 19.9 Å². The molecule has 3 N–H and O–H groups in total. The highest BCUT2D eigenvalue weighted by Crippen LogP contribution is 2.34. The highest BCUT2D eigenvalue weighted by Gasteiger charge is 2.20. The van der Waals surface area contributed by atoms with Gasteiger partial charge in [-0.1, -0.05) is 6.92 Å². The van der Waals surface area contributed by atoms with Gasteiger partial charge in [-0.05, 0) is 19.4 Å². The Morgan fingerprint density at radius 3 is 2.10 bits per heavy atom. The van der Waals surface area contributed by atoms with E-state index < -0.39 is 0 Å². The van der Waals surface area contributed by atoms with Gasteiger partial charge in [0.15, 0.2) is 11.5 Å². The van der Waals surface area contributed by atoms with Crippen LogP contribution in [-0.2, 0) is 0 Å². The summed E-state index contributed by atoms with van der Waals surface area (Å²) in [6.45, 7) is 4.41. The molecule has 0 aliphatic heterocycles. The van der Waals surface area contributed by atoms with Gasteiger partial charge < -0.3 is 25.3 Å². The van der Waals surface area contributed by atoms with Crippen molar-refractivity contribution in [3.63, 3.8) is 0 Å². The fourth-order valence-electron chi connectivity index (χ4n) is 1.84. The molecule has 0 saturated carbocycles. The van der Waals surface area contributed by atoms with Gasteiger partial charge in [0, 0.05) is 18.2 Å². The number of carbonyl (C=O) groups excluding carboxylic acids is 1. The highest BCUT2D eigenvalue weighted by atomic mass is 16.5. The molecule has 0 heterocycles. The minimum Gasteiger partial charge on any atom is -0.496 e. The van der Waals surface area contributed by atoms with E-state index in [-0.39, 0.29) is 17.9 Å². The van der Waals surface area contributed by atoms with Crippen LogP contribution in [0.4, 0.5) is 0 Å². The number of carbonyl (C=O) groups is 1. The molecule has 2 atom stereocenters. The number of nitrogens with two attached hydrogens (primary N) is 1. The van der Waals surface area contributed by atoms with E-state index in [1.54, 1.807) is 12.1 Å². The number of rotatable bonds is 7. The Morgan fingerprint density at radius 1 is 1.10 bits per heavy atom. The Bertz CT molecular complexity index is 491. The molecule has 0 aromatic heterocycles. The van der Waals surface area contributed by atoms with E-state index in [1.165, 1.54) is 21.3 Å². The van der Waals surface area contributed by atoms with Gasteiger partial charge in [0.2, 0.25) is 0 Å². The van der Waals surface area contributed by atoms with Crippen LogP contribution in [0.3, 0.4) is 0 Å². The fraction of sp³-hybridized carbons (Fsp3) is 0.533. The van der Waals surface area contributed by atoms with Gasteiger partial charge in [-0.15, -0.1) is 0 Å². The van der Waals surface area contributed by atoms with Crippen molar-refractivity contribution in [3.8, 4) is 17.2 Å². The largest absolute Gasteiger partial charge is 0.496 e. The van der Waals surface area contributed by atoms with Gasteiger partial charge in [0.1, 0.15) is 5.75 Å². The fourth-order valence-corrected chi connectivity index (χ4v) is 1.84. The molecule has 0 saturated heterocycles. The predicted molar refractivity (Wildman–Crippen MR) is 81.2 cm³/mol. The molecule has 0 aliphatic rings. The summed E-state index contributed by atoms with van der Waals surface area (Å²) >= 11 is 0. The molecule has 0 fully saturated rings. The minimum atomic E-state index is -0.236. The second kappa shape index (κ2) is 7.73. The third-order valence-electron chi connectivity index (χ3n) is 3.53. The van der Waals surface area contributed by atoms with Crippen LogP contribution < -0.4 is 25.3 Å². The second-order valence-electron chi connectivity index (χ2n) is 4.88. The van der Waals surface area contributed by atoms with E-state index >= 15 is 0 Å². The Labute approximate surface area is 125 Å². The third kappa shape index (κ3) is 4.01. The summed E-state index contributed by atoms with van der Waals surface area (Å²) in [6, 6.07) is 3.19. The van der Waals surface area contributed by atoms with E-state index in [0.717, 1.165) is 0 Å². The Morgan fingerprint density at radius 2 is 1.62 bits per heavy atom. The van der Waals surface area contributed by atoms with Gasteiger partial charge in [0.25, 0.3) is 5.91 Å². The SMILES string of the molecule is COc1cc(OC)c(C(=O)NC(C)C(C)CN)cc1OC. The topological polar surface area (TPSA) is 82.8 Å². The smallest absolute Gasteiger partial charge is 0.255 e. The minimum absolute atomic E-state index is 0.0414. The van der Waals surface area contributed by atoms with Crippen LogP contribution in [0.2, 0.25) is 0 Å². The van der Waals surface area contributed by atoms with Crippen molar-refractivity contribution < 1.29 is 19.0 Å². The first-order valence-corrected chi connectivity index (χ1v) is 6.79. The van der Waals surface area contributed by atoms with Gasteiger partial charge >= 0.3 is 0 Å². The van der Waals surface area contributed by atoms with Crippen LogP contribution >= 0.6 is 0 Å². The number of hydrogen-bond donors (Lipinski definition) is 2. The summed E-state index contributed by atoms with van der Waals surface area (Å²) in [5.41, 5.74) is 6.01. The maximum Gasteiger partial charge on any atom is 0.255 e. The molecule has 118 valence electrons. The number of amides is 1. The van der Waals surface area contributed by atoms with Crippen molar-refractivity contribution in [2.24, 2.45) is 11.7 Å². The van der Waals surface area contributed by atoms with Crippen molar-refractivity contribution in [2.45, 2.75) is 19.9 Å². The van der Waals surface area contributed by atoms with Crippen molar-refractivity contribution in [1.29, 1.82) is 0 Å². The number of ether oxygens (including phenoxy) is 3. The zero-order valence-corrected chi connectivity index (χ0v) is 13.2. The van der Waals surface area contributed by atoms with Crippen molar-refractivity contribution in [1.82, 2.24) is 5.32 Å². The molecule has 1 aromatic rings. The first kappa shape index (κ1) is 17.1.